The summed E-state index contributed by atoms with van der Waals surface area (Å²) >= 11 is 1.24. The van der Waals surface area contributed by atoms with Crippen LogP contribution in [0.5, 0.6) is 0 Å². The van der Waals surface area contributed by atoms with E-state index in [1.807, 2.05) is 11.6 Å². The number of methoxy groups -OCH3 is 1. The summed E-state index contributed by atoms with van der Waals surface area (Å²) in [4.78, 5) is 29.0. The summed E-state index contributed by atoms with van der Waals surface area (Å²) in [5.41, 5.74) is 1.64. The molecule has 176 valence electrons. The first-order valence-corrected chi connectivity index (χ1v) is 12.6. The molecule has 1 N–H and O–H groups in total. The van der Waals surface area contributed by atoms with Crippen LogP contribution in [0.15, 0.2) is 34.5 Å². The van der Waals surface area contributed by atoms with E-state index >= 15 is 0 Å². The van der Waals surface area contributed by atoms with Crippen LogP contribution in [0.3, 0.4) is 0 Å². The lowest BCUT2D eigenvalue weighted by Crippen LogP contribution is -2.40. The van der Waals surface area contributed by atoms with Crippen molar-refractivity contribution in [3.63, 3.8) is 0 Å². The summed E-state index contributed by atoms with van der Waals surface area (Å²) in [7, 11) is -0.509. The van der Waals surface area contributed by atoms with E-state index in [1.54, 1.807) is 29.6 Å². The first-order valence-electron chi connectivity index (χ1n) is 10.3. The van der Waals surface area contributed by atoms with Crippen molar-refractivity contribution in [3.8, 4) is 0 Å². The molecule has 0 bridgehead atoms. The highest BCUT2D eigenvalue weighted by Gasteiger charge is 2.27. The summed E-state index contributed by atoms with van der Waals surface area (Å²) in [5.74, 6) is -0.115. The number of fused-ring (bicyclic) bond motifs is 1. The third-order valence-electron chi connectivity index (χ3n) is 5.45. The SMILES string of the molecule is COC(=O)c1ccsc1NC(=O)CCc1nc2cc(S(=O)(=O)N3CCOCC3)ccc2n1C. The van der Waals surface area contributed by atoms with Gasteiger partial charge >= 0.3 is 5.97 Å². The molecular weight excluding hydrogens is 468 g/mol. The number of aryl methyl sites for hydroxylation is 2. The predicted molar refractivity (Wildman–Crippen MR) is 123 cm³/mol. The molecule has 4 rings (SSSR count). The highest BCUT2D eigenvalue weighted by atomic mass is 32.2. The number of benzene rings is 1. The maximum atomic E-state index is 12.9. The van der Waals surface area contributed by atoms with Crippen molar-refractivity contribution in [2.75, 3.05) is 38.7 Å². The van der Waals surface area contributed by atoms with Gasteiger partial charge in [-0.2, -0.15) is 4.31 Å². The molecule has 1 aliphatic rings. The molecule has 1 amide bonds. The number of imidazole rings is 1. The third kappa shape index (κ3) is 4.78. The number of anilines is 1. The lowest BCUT2D eigenvalue weighted by atomic mass is 10.2. The fraction of sp³-hybridized carbons (Fsp3) is 0.381. The lowest BCUT2D eigenvalue weighted by Gasteiger charge is -2.26. The predicted octanol–water partition coefficient (Wildman–Crippen LogP) is 2.01. The van der Waals surface area contributed by atoms with Crippen LogP contribution >= 0.6 is 11.3 Å². The van der Waals surface area contributed by atoms with Gasteiger partial charge in [-0.15, -0.1) is 11.3 Å². The van der Waals surface area contributed by atoms with Crippen LogP contribution in [0.2, 0.25) is 0 Å². The smallest absolute Gasteiger partial charge is 0.340 e. The van der Waals surface area contributed by atoms with Crippen LogP contribution in [0, 0.1) is 0 Å². The number of ether oxygens (including phenoxy) is 2. The molecule has 1 aliphatic heterocycles. The van der Waals surface area contributed by atoms with Crippen LogP contribution in [-0.4, -0.2) is 67.6 Å². The zero-order valence-electron chi connectivity index (χ0n) is 18.2. The van der Waals surface area contributed by atoms with Crippen LogP contribution in [0.4, 0.5) is 5.00 Å². The Labute approximate surface area is 195 Å². The Morgan fingerprint density at radius 1 is 1.24 bits per heavy atom. The highest BCUT2D eigenvalue weighted by Crippen LogP contribution is 2.25. The van der Waals surface area contributed by atoms with Gasteiger partial charge in [0.05, 0.1) is 41.8 Å². The Hall–Kier alpha value is -2.80. The van der Waals surface area contributed by atoms with Crippen molar-refractivity contribution in [1.82, 2.24) is 13.9 Å². The van der Waals surface area contributed by atoms with Gasteiger partial charge in [0, 0.05) is 33.0 Å². The van der Waals surface area contributed by atoms with E-state index < -0.39 is 16.0 Å². The van der Waals surface area contributed by atoms with Crippen molar-refractivity contribution in [2.45, 2.75) is 17.7 Å². The first-order chi connectivity index (χ1) is 15.8. The molecule has 2 aromatic heterocycles. The van der Waals surface area contributed by atoms with Crippen molar-refractivity contribution in [1.29, 1.82) is 0 Å². The molecule has 0 saturated carbocycles. The second kappa shape index (κ2) is 9.59. The molecule has 1 saturated heterocycles. The van der Waals surface area contributed by atoms with E-state index in [4.69, 9.17) is 9.47 Å². The molecule has 0 atom stereocenters. The monoisotopic (exact) mass is 492 g/mol. The Morgan fingerprint density at radius 2 is 2.00 bits per heavy atom. The zero-order valence-corrected chi connectivity index (χ0v) is 19.9. The average molecular weight is 493 g/mol. The number of carbonyl (C=O) groups excluding carboxylic acids is 2. The molecule has 1 aromatic carbocycles. The van der Waals surface area contributed by atoms with E-state index in [2.05, 4.69) is 10.3 Å². The van der Waals surface area contributed by atoms with Gasteiger partial charge in [0.2, 0.25) is 15.9 Å². The lowest BCUT2D eigenvalue weighted by molar-refractivity contribution is -0.116. The summed E-state index contributed by atoms with van der Waals surface area (Å²) in [6, 6.07) is 6.47. The second-order valence-corrected chi connectivity index (χ2v) is 10.3. The molecule has 33 heavy (non-hydrogen) atoms. The minimum Gasteiger partial charge on any atom is -0.465 e. The molecule has 3 heterocycles. The van der Waals surface area contributed by atoms with Gasteiger partial charge in [-0.3, -0.25) is 4.79 Å². The van der Waals surface area contributed by atoms with Gasteiger partial charge in [0.25, 0.3) is 0 Å². The molecule has 0 spiro atoms. The molecule has 3 aromatic rings. The normalized spacial score (nSPS) is 15.0. The number of hydrogen-bond donors (Lipinski definition) is 1. The average Bonchev–Trinajstić information content (AvgIpc) is 3.41. The molecule has 0 radical (unpaired) electrons. The van der Waals surface area contributed by atoms with Gasteiger partial charge in [-0.25, -0.2) is 18.2 Å². The van der Waals surface area contributed by atoms with E-state index in [0.717, 1.165) is 5.52 Å². The Kier molecular flexibility index (Phi) is 6.79. The largest absolute Gasteiger partial charge is 0.465 e. The molecule has 1 fully saturated rings. The Bertz CT molecular complexity index is 1290. The number of morpholine rings is 1. The Balaban J connectivity index is 1.48. The van der Waals surface area contributed by atoms with Gasteiger partial charge in [-0.1, -0.05) is 0 Å². The molecule has 0 unspecified atom stereocenters. The van der Waals surface area contributed by atoms with Crippen LogP contribution in [0.1, 0.15) is 22.6 Å². The van der Waals surface area contributed by atoms with E-state index in [-0.39, 0.29) is 17.2 Å². The van der Waals surface area contributed by atoms with Crippen molar-refractivity contribution < 1.29 is 27.5 Å². The number of amides is 1. The van der Waals surface area contributed by atoms with Crippen LogP contribution < -0.4 is 5.32 Å². The Morgan fingerprint density at radius 3 is 2.73 bits per heavy atom. The van der Waals surface area contributed by atoms with Crippen LogP contribution in [0.25, 0.3) is 11.0 Å². The highest BCUT2D eigenvalue weighted by molar-refractivity contribution is 7.89. The summed E-state index contributed by atoms with van der Waals surface area (Å²) in [6.45, 7) is 1.41. The molecule has 12 heteroatoms. The summed E-state index contributed by atoms with van der Waals surface area (Å²) in [6.07, 6.45) is 0.496. The van der Waals surface area contributed by atoms with Crippen molar-refractivity contribution in [2.24, 2.45) is 7.05 Å². The number of nitrogens with zero attached hydrogens (tertiary/aromatic N) is 3. The molecule has 10 nitrogen and oxygen atoms in total. The maximum absolute atomic E-state index is 12.9. The van der Waals surface area contributed by atoms with Gasteiger partial charge in [-0.05, 0) is 29.6 Å². The number of carbonyl (C=O) groups is 2. The third-order valence-corrected chi connectivity index (χ3v) is 8.18. The van der Waals surface area contributed by atoms with Gasteiger partial charge in [0.15, 0.2) is 0 Å². The van der Waals surface area contributed by atoms with Gasteiger partial charge < -0.3 is 19.4 Å². The number of aromatic nitrogens is 2. The van der Waals surface area contributed by atoms with Crippen molar-refractivity contribution >= 4 is 49.3 Å². The van der Waals surface area contributed by atoms with Crippen molar-refractivity contribution in [3.05, 3.63) is 41.0 Å². The molecule has 0 aliphatic carbocycles. The van der Waals surface area contributed by atoms with Gasteiger partial charge in [0.1, 0.15) is 10.8 Å². The van der Waals surface area contributed by atoms with E-state index in [9.17, 15) is 18.0 Å². The van der Waals surface area contributed by atoms with E-state index in [0.29, 0.717) is 54.6 Å². The standard InChI is InChI=1S/C21H24N4O6S2/c1-24-17-4-3-14(33(28,29)25-8-10-31-11-9-25)13-16(17)22-18(24)5-6-19(26)23-20-15(7-12-32-20)21(27)30-2/h3-4,7,12-13H,5-6,8-11H2,1-2H3,(H,23,26). The number of thiophene rings is 1. The minimum absolute atomic E-state index is 0.147. The maximum Gasteiger partial charge on any atom is 0.340 e. The minimum atomic E-state index is -3.62. The topological polar surface area (TPSA) is 120 Å². The zero-order chi connectivity index (χ0) is 23.6. The quantitative estimate of drug-likeness (QED) is 0.501. The van der Waals surface area contributed by atoms with Crippen LogP contribution in [-0.2, 0) is 37.8 Å². The second-order valence-electron chi connectivity index (χ2n) is 7.46. The number of sulfonamides is 1. The summed E-state index contributed by atoms with van der Waals surface area (Å²) < 4.78 is 39.1. The first kappa shape index (κ1) is 23.4. The number of rotatable bonds is 7. The fourth-order valence-corrected chi connectivity index (χ4v) is 5.86. The number of hydrogen-bond acceptors (Lipinski definition) is 8. The summed E-state index contributed by atoms with van der Waals surface area (Å²) in [5, 5.41) is 4.89. The van der Waals surface area contributed by atoms with E-state index in [1.165, 1.54) is 22.8 Å². The number of esters is 1. The molecular formula is C21H24N4O6S2. The number of nitrogens with one attached hydrogen (secondary N) is 1. The fourth-order valence-electron chi connectivity index (χ4n) is 3.64.